The standard InChI is InChI=1S/C49H80O10/c1-3-5-7-9-11-13-15-17-19-20-21-22-24-26-28-30-32-34-36-38-45(52)58-42(41-57-49-48(55)47(54)46(53)43(39-50)59-49)40-56-44(51)37-35-33-31-29-27-25-23-18-16-14-12-10-8-6-4-2/h11-14,17-19,21-23,26,28,32,34,42-43,46-50,53-55H,3-10,15-16,20,24-25,27,29-31,33,35-41H2,1-2H3/b13-11+,14-12+,19-17+,22-21+,23-18+,28-26+,34-32+/t42-,43-,46+,47?,48?,49-/m1/s1. The minimum Gasteiger partial charge on any atom is -0.462 e. The Bertz CT molecular complexity index is 1230. The van der Waals surface area contributed by atoms with Crippen molar-refractivity contribution in [3.8, 4) is 0 Å². The molecule has 0 spiro atoms. The fourth-order valence-electron chi connectivity index (χ4n) is 6.14. The van der Waals surface area contributed by atoms with E-state index in [2.05, 4.69) is 86.8 Å². The maximum Gasteiger partial charge on any atom is 0.306 e. The average Bonchev–Trinajstić information content (AvgIpc) is 3.23. The molecule has 0 bridgehead atoms. The number of carbonyl (C=O) groups excluding carboxylic acids is 2. The molecule has 0 aromatic rings. The highest BCUT2D eigenvalue weighted by Crippen LogP contribution is 2.22. The number of esters is 2. The van der Waals surface area contributed by atoms with Gasteiger partial charge in [-0.05, 0) is 83.5 Å². The van der Waals surface area contributed by atoms with E-state index in [-0.39, 0.29) is 26.1 Å². The van der Waals surface area contributed by atoms with Crippen LogP contribution >= 0.6 is 0 Å². The van der Waals surface area contributed by atoms with Crippen molar-refractivity contribution in [2.75, 3.05) is 19.8 Å². The lowest BCUT2D eigenvalue weighted by atomic mass is 9.99. The summed E-state index contributed by atoms with van der Waals surface area (Å²) in [4.78, 5) is 25.3. The molecule has 0 aromatic heterocycles. The molecule has 0 aliphatic carbocycles. The molecule has 0 amide bonds. The first-order chi connectivity index (χ1) is 28.8. The SMILES string of the molecule is CCCCC/C=C/C/C=C/C/C=C/C/C=C/C/C=C/CCC(=O)O[C@H](COC(=O)CCCCCCC/C=C/C/C=C/CCCCC)CO[C@@H]1O[C@H](CO)[C@H](O)C(O)C1O. The van der Waals surface area contributed by atoms with Crippen LogP contribution in [-0.2, 0) is 28.5 Å². The Labute approximate surface area is 356 Å². The maximum atomic E-state index is 12.7. The third kappa shape index (κ3) is 30.5. The number of unbranched alkanes of at least 4 members (excludes halogenated alkanes) is 11. The third-order valence-corrected chi connectivity index (χ3v) is 9.77. The number of hydrogen-bond acceptors (Lipinski definition) is 10. The third-order valence-electron chi connectivity index (χ3n) is 9.77. The molecule has 10 heteroatoms. The van der Waals surface area contributed by atoms with Crippen LogP contribution in [0.2, 0.25) is 0 Å². The van der Waals surface area contributed by atoms with Gasteiger partial charge in [-0.15, -0.1) is 0 Å². The minimum absolute atomic E-state index is 0.0988. The first kappa shape index (κ1) is 53.9. The van der Waals surface area contributed by atoms with Gasteiger partial charge in [0.2, 0.25) is 0 Å². The van der Waals surface area contributed by atoms with E-state index in [0.29, 0.717) is 12.8 Å². The van der Waals surface area contributed by atoms with Gasteiger partial charge < -0.3 is 39.4 Å². The largest absolute Gasteiger partial charge is 0.462 e. The Morgan fingerprint density at radius 2 is 0.983 bits per heavy atom. The van der Waals surface area contributed by atoms with Crippen molar-refractivity contribution < 1.29 is 49.0 Å². The smallest absolute Gasteiger partial charge is 0.306 e. The van der Waals surface area contributed by atoms with Gasteiger partial charge in [-0.25, -0.2) is 0 Å². The molecule has 1 saturated heterocycles. The van der Waals surface area contributed by atoms with Gasteiger partial charge in [0.15, 0.2) is 12.4 Å². The molecule has 2 unspecified atom stereocenters. The van der Waals surface area contributed by atoms with Crippen molar-refractivity contribution in [3.63, 3.8) is 0 Å². The summed E-state index contributed by atoms with van der Waals surface area (Å²) in [6.07, 6.45) is 43.1. The monoisotopic (exact) mass is 829 g/mol. The van der Waals surface area contributed by atoms with E-state index in [1.54, 1.807) is 0 Å². The number of aliphatic hydroxyl groups excluding tert-OH is 4. The van der Waals surface area contributed by atoms with E-state index in [9.17, 15) is 30.0 Å². The highest BCUT2D eigenvalue weighted by Gasteiger charge is 2.44. The highest BCUT2D eigenvalue weighted by molar-refractivity contribution is 5.70. The molecule has 0 aromatic carbocycles. The molecule has 336 valence electrons. The summed E-state index contributed by atoms with van der Waals surface area (Å²) in [6, 6.07) is 0. The lowest BCUT2D eigenvalue weighted by molar-refractivity contribution is -0.305. The zero-order valence-electron chi connectivity index (χ0n) is 36.5. The van der Waals surface area contributed by atoms with Crippen LogP contribution in [0.15, 0.2) is 85.1 Å². The van der Waals surface area contributed by atoms with Gasteiger partial charge in [-0.1, -0.05) is 144 Å². The summed E-state index contributed by atoms with van der Waals surface area (Å²) in [5.74, 6) is -0.927. The molecule has 1 heterocycles. The predicted molar refractivity (Wildman–Crippen MR) is 237 cm³/mol. The first-order valence-corrected chi connectivity index (χ1v) is 22.7. The molecular formula is C49H80O10. The van der Waals surface area contributed by atoms with E-state index in [4.69, 9.17) is 18.9 Å². The zero-order chi connectivity index (χ0) is 43.0. The van der Waals surface area contributed by atoms with Crippen LogP contribution in [0.1, 0.15) is 155 Å². The molecule has 10 nitrogen and oxygen atoms in total. The second-order valence-corrected chi connectivity index (χ2v) is 15.1. The number of allylic oxidation sites excluding steroid dienone is 14. The van der Waals surface area contributed by atoms with Crippen LogP contribution in [0.4, 0.5) is 0 Å². The molecular weight excluding hydrogens is 749 g/mol. The molecule has 59 heavy (non-hydrogen) atoms. The van der Waals surface area contributed by atoms with Gasteiger partial charge in [0.25, 0.3) is 0 Å². The van der Waals surface area contributed by atoms with Crippen LogP contribution in [0.5, 0.6) is 0 Å². The Morgan fingerprint density at radius 3 is 1.49 bits per heavy atom. The summed E-state index contributed by atoms with van der Waals surface area (Å²) in [6.45, 7) is 3.26. The van der Waals surface area contributed by atoms with Gasteiger partial charge in [0.1, 0.15) is 31.0 Å². The molecule has 1 aliphatic heterocycles. The molecule has 6 atom stereocenters. The van der Waals surface area contributed by atoms with E-state index in [1.807, 2.05) is 12.2 Å². The summed E-state index contributed by atoms with van der Waals surface area (Å²) in [5, 5.41) is 40.1. The van der Waals surface area contributed by atoms with Gasteiger partial charge >= 0.3 is 11.9 Å². The van der Waals surface area contributed by atoms with Crippen molar-refractivity contribution in [1.29, 1.82) is 0 Å². The van der Waals surface area contributed by atoms with Crippen molar-refractivity contribution in [2.45, 2.75) is 192 Å². The lowest BCUT2D eigenvalue weighted by Gasteiger charge is -2.39. The van der Waals surface area contributed by atoms with Crippen molar-refractivity contribution in [2.24, 2.45) is 0 Å². The molecule has 4 N–H and O–H groups in total. The topological polar surface area (TPSA) is 152 Å². The number of rotatable bonds is 36. The summed E-state index contributed by atoms with van der Waals surface area (Å²) >= 11 is 0. The van der Waals surface area contributed by atoms with Crippen LogP contribution in [-0.4, -0.2) is 89.0 Å². The van der Waals surface area contributed by atoms with E-state index in [0.717, 1.165) is 70.6 Å². The van der Waals surface area contributed by atoms with E-state index >= 15 is 0 Å². The van der Waals surface area contributed by atoms with E-state index in [1.165, 1.54) is 44.9 Å². The summed E-state index contributed by atoms with van der Waals surface area (Å²) < 4.78 is 22.0. The van der Waals surface area contributed by atoms with Crippen LogP contribution in [0.25, 0.3) is 0 Å². The fraction of sp³-hybridized carbons (Fsp3) is 0.673. The Kier molecular flexibility index (Phi) is 35.7. The second-order valence-electron chi connectivity index (χ2n) is 15.1. The fourth-order valence-corrected chi connectivity index (χ4v) is 6.14. The normalized spacial score (nSPS) is 20.8. The minimum atomic E-state index is -1.61. The van der Waals surface area contributed by atoms with Crippen LogP contribution in [0, 0.1) is 0 Å². The van der Waals surface area contributed by atoms with Crippen LogP contribution < -0.4 is 0 Å². The lowest BCUT2D eigenvalue weighted by Crippen LogP contribution is -2.59. The first-order valence-electron chi connectivity index (χ1n) is 22.7. The number of carbonyl (C=O) groups is 2. The van der Waals surface area contributed by atoms with Gasteiger partial charge in [0, 0.05) is 12.8 Å². The Morgan fingerprint density at radius 1 is 0.525 bits per heavy atom. The van der Waals surface area contributed by atoms with Gasteiger partial charge in [-0.3, -0.25) is 9.59 Å². The zero-order valence-corrected chi connectivity index (χ0v) is 36.5. The molecule has 0 radical (unpaired) electrons. The quantitative estimate of drug-likeness (QED) is 0.0273. The number of hydrogen-bond donors (Lipinski definition) is 4. The number of aliphatic hydroxyl groups is 4. The van der Waals surface area contributed by atoms with E-state index < -0.39 is 55.4 Å². The van der Waals surface area contributed by atoms with Crippen molar-refractivity contribution in [3.05, 3.63) is 85.1 Å². The molecule has 0 saturated carbocycles. The average molecular weight is 829 g/mol. The molecule has 1 fully saturated rings. The maximum absolute atomic E-state index is 12.7. The Balaban J connectivity index is 2.41. The molecule has 1 rings (SSSR count). The highest BCUT2D eigenvalue weighted by atomic mass is 16.7. The second kappa shape index (κ2) is 39.0. The summed E-state index contributed by atoms with van der Waals surface area (Å²) in [5.41, 5.74) is 0. The van der Waals surface area contributed by atoms with Crippen molar-refractivity contribution >= 4 is 11.9 Å². The Hall–Kier alpha value is -3.12. The molecule has 1 aliphatic rings. The predicted octanol–water partition coefficient (Wildman–Crippen LogP) is 9.77. The number of ether oxygens (including phenoxy) is 4. The summed E-state index contributed by atoms with van der Waals surface area (Å²) in [7, 11) is 0. The van der Waals surface area contributed by atoms with Crippen LogP contribution in [0.3, 0.4) is 0 Å². The van der Waals surface area contributed by atoms with Gasteiger partial charge in [-0.2, -0.15) is 0 Å². The van der Waals surface area contributed by atoms with Gasteiger partial charge in [0.05, 0.1) is 13.2 Å². The van der Waals surface area contributed by atoms with Crippen molar-refractivity contribution in [1.82, 2.24) is 0 Å².